The smallest absolute Gasteiger partial charge is 0.260 e. The van der Waals surface area contributed by atoms with Crippen molar-refractivity contribution >= 4 is 27.3 Å². The van der Waals surface area contributed by atoms with Crippen molar-refractivity contribution in [2.75, 3.05) is 51.3 Å². The van der Waals surface area contributed by atoms with E-state index in [9.17, 15) is 13.2 Å². The Morgan fingerprint density at radius 1 is 1.03 bits per heavy atom. The van der Waals surface area contributed by atoms with Gasteiger partial charge in [-0.15, -0.1) is 0 Å². The number of carbonyl (C=O) groups excluding carboxylic acids is 1. The van der Waals surface area contributed by atoms with E-state index < -0.39 is 9.84 Å². The second-order valence-corrected chi connectivity index (χ2v) is 9.82. The Kier molecular flexibility index (Phi) is 7.16. The highest BCUT2D eigenvalue weighted by atomic mass is 35.5. The number of benzene rings is 2. The van der Waals surface area contributed by atoms with Crippen molar-refractivity contribution in [3.63, 3.8) is 0 Å². The second-order valence-electron chi connectivity index (χ2n) is 7.15. The summed E-state index contributed by atoms with van der Waals surface area (Å²) in [6.45, 7) is 2.87. The maximum absolute atomic E-state index is 12.4. The maximum atomic E-state index is 12.4. The molecule has 0 N–H and O–H groups in total. The van der Waals surface area contributed by atoms with Crippen molar-refractivity contribution in [1.82, 2.24) is 9.80 Å². The van der Waals surface area contributed by atoms with Crippen LogP contribution in [0.1, 0.15) is 0 Å². The molecule has 8 heteroatoms. The third-order valence-electron chi connectivity index (χ3n) is 4.89. The Bertz CT molecular complexity index is 942. The normalized spacial score (nSPS) is 15.3. The summed E-state index contributed by atoms with van der Waals surface area (Å²) < 4.78 is 28.2. The highest BCUT2D eigenvalue weighted by molar-refractivity contribution is 7.90. The lowest BCUT2D eigenvalue weighted by Crippen LogP contribution is -2.50. The highest BCUT2D eigenvalue weighted by Crippen LogP contribution is 2.30. The van der Waals surface area contributed by atoms with Crippen molar-refractivity contribution in [2.24, 2.45) is 0 Å². The topological polar surface area (TPSA) is 66.9 Å². The van der Waals surface area contributed by atoms with Gasteiger partial charge in [-0.25, -0.2) is 8.42 Å². The fourth-order valence-electron chi connectivity index (χ4n) is 3.17. The third-order valence-corrected chi connectivity index (χ3v) is 6.11. The average Bonchev–Trinajstić information content (AvgIpc) is 2.71. The quantitative estimate of drug-likeness (QED) is 0.667. The number of halogens is 1. The molecule has 0 radical (unpaired) electrons. The lowest BCUT2D eigenvalue weighted by Gasteiger charge is -2.34. The molecule has 0 bridgehead atoms. The Labute approximate surface area is 176 Å². The molecule has 156 valence electrons. The van der Waals surface area contributed by atoms with Crippen LogP contribution in [0.3, 0.4) is 0 Å². The van der Waals surface area contributed by atoms with Crippen LogP contribution in [-0.4, -0.2) is 75.5 Å². The van der Waals surface area contributed by atoms with Crippen molar-refractivity contribution in [3.8, 4) is 16.9 Å². The van der Waals surface area contributed by atoms with Gasteiger partial charge in [0, 0.05) is 39.0 Å². The first-order valence-corrected chi connectivity index (χ1v) is 11.9. The predicted octanol–water partition coefficient (Wildman–Crippen LogP) is 2.57. The number of hydrogen-bond acceptors (Lipinski definition) is 5. The molecule has 1 amide bonds. The van der Waals surface area contributed by atoms with Crippen molar-refractivity contribution in [2.45, 2.75) is 0 Å². The number of sulfone groups is 1. The molecule has 1 heterocycles. The molecule has 6 nitrogen and oxygen atoms in total. The number of nitrogens with zero attached hydrogens (tertiary/aromatic N) is 2. The van der Waals surface area contributed by atoms with E-state index in [1.807, 2.05) is 42.5 Å². The SMILES string of the molecule is CS(=O)(=O)CCN1CCN(C(=O)COc2ccc(-c3ccccc3)cc2Cl)CC1. The zero-order valence-corrected chi connectivity index (χ0v) is 18.0. The van der Waals surface area contributed by atoms with E-state index >= 15 is 0 Å². The molecule has 29 heavy (non-hydrogen) atoms. The number of carbonyl (C=O) groups is 1. The lowest BCUT2D eigenvalue weighted by molar-refractivity contribution is -0.135. The second kappa shape index (κ2) is 9.61. The molecule has 0 aromatic heterocycles. The van der Waals surface area contributed by atoms with Gasteiger partial charge in [0.2, 0.25) is 0 Å². The van der Waals surface area contributed by atoms with Gasteiger partial charge in [0.1, 0.15) is 15.6 Å². The third kappa shape index (κ3) is 6.45. The summed E-state index contributed by atoms with van der Waals surface area (Å²) in [5, 5.41) is 0.463. The van der Waals surface area contributed by atoms with Gasteiger partial charge in [0.15, 0.2) is 6.61 Å². The standard InChI is InChI=1S/C21H25ClN2O4S/c1-29(26,27)14-13-23-9-11-24(12-10-23)21(25)16-28-20-8-7-18(15-19(20)22)17-5-3-2-4-6-17/h2-8,15H,9-14,16H2,1H3. The number of amides is 1. The molecule has 1 aliphatic rings. The van der Waals surface area contributed by atoms with Gasteiger partial charge >= 0.3 is 0 Å². The maximum Gasteiger partial charge on any atom is 0.260 e. The van der Waals surface area contributed by atoms with Gasteiger partial charge in [-0.05, 0) is 23.3 Å². The van der Waals surface area contributed by atoms with E-state index in [2.05, 4.69) is 4.90 Å². The summed E-state index contributed by atoms with van der Waals surface area (Å²) in [7, 11) is -2.97. The minimum atomic E-state index is -2.97. The molecule has 0 spiro atoms. The van der Waals surface area contributed by atoms with E-state index in [1.165, 1.54) is 6.26 Å². The molecular weight excluding hydrogens is 412 g/mol. The van der Waals surface area contributed by atoms with Gasteiger partial charge < -0.3 is 9.64 Å². The van der Waals surface area contributed by atoms with Crippen LogP contribution in [0, 0.1) is 0 Å². The summed E-state index contributed by atoms with van der Waals surface area (Å²) >= 11 is 6.33. The monoisotopic (exact) mass is 436 g/mol. The minimum absolute atomic E-state index is 0.0757. The predicted molar refractivity (Wildman–Crippen MR) is 115 cm³/mol. The zero-order chi connectivity index (χ0) is 20.9. The number of piperazine rings is 1. The summed E-state index contributed by atoms with van der Waals surface area (Å²) in [5.41, 5.74) is 2.05. The minimum Gasteiger partial charge on any atom is -0.482 e. The Morgan fingerprint density at radius 2 is 1.72 bits per heavy atom. The highest BCUT2D eigenvalue weighted by Gasteiger charge is 2.22. The van der Waals surface area contributed by atoms with Crippen LogP contribution in [0.25, 0.3) is 11.1 Å². The Hall–Kier alpha value is -2.09. The Morgan fingerprint density at radius 3 is 2.34 bits per heavy atom. The summed E-state index contributed by atoms with van der Waals surface area (Å²) in [4.78, 5) is 16.2. The van der Waals surface area contributed by atoms with Crippen LogP contribution in [-0.2, 0) is 14.6 Å². The van der Waals surface area contributed by atoms with Crippen molar-refractivity contribution in [3.05, 3.63) is 53.6 Å². The van der Waals surface area contributed by atoms with Crippen LogP contribution in [0.15, 0.2) is 48.5 Å². The number of rotatable bonds is 7. The van der Waals surface area contributed by atoms with Crippen LogP contribution >= 0.6 is 11.6 Å². The molecule has 1 aliphatic heterocycles. The van der Waals surface area contributed by atoms with Crippen LogP contribution in [0.2, 0.25) is 5.02 Å². The zero-order valence-electron chi connectivity index (χ0n) is 16.4. The first-order chi connectivity index (χ1) is 13.8. The molecular formula is C21H25ClN2O4S. The largest absolute Gasteiger partial charge is 0.482 e. The van der Waals surface area contributed by atoms with Crippen molar-refractivity contribution < 1.29 is 17.9 Å². The summed E-state index contributed by atoms with van der Waals surface area (Å²) in [5.74, 6) is 0.518. The molecule has 3 rings (SSSR count). The van der Waals surface area contributed by atoms with Gasteiger partial charge in [-0.2, -0.15) is 0 Å². The van der Waals surface area contributed by atoms with E-state index in [0.717, 1.165) is 11.1 Å². The first kappa shape index (κ1) is 21.6. The van der Waals surface area contributed by atoms with Gasteiger partial charge in [-0.3, -0.25) is 9.69 Å². The number of ether oxygens (including phenoxy) is 1. The molecule has 0 atom stereocenters. The fourth-order valence-corrected chi connectivity index (χ4v) is 4.00. The van der Waals surface area contributed by atoms with Crippen LogP contribution < -0.4 is 4.74 Å². The first-order valence-electron chi connectivity index (χ1n) is 9.47. The molecule has 0 unspecified atom stereocenters. The summed E-state index contributed by atoms with van der Waals surface area (Å²) in [6.07, 6.45) is 1.24. The van der Waals surface area contributed by atoms with Gasteiger partial charge in [0.05, 0.1) is 10.8 Å². The molecule has 0 aliphatic carbocycles. The molecule has 1 fully saturated rings. The molecule has 2 aromatic rings. The van der Waals surface area contributed by atoms with Gasteiger partial charge in [-0.1, -0.05) is 48.0 Å². The van der Waals surface area contributed by atoms with E-state index in [0.29, 0.717) is 43.5 Å². The van der Waals surface area contributed by atoms with Crippen LogP contribution in [0.5, 0.6) is 5.75 Å². The van der Waals surface area contributed by atoms with E-state index in [1.54, 1.807) is 11.0 Å². The molecule has 2 aromatic carbocycles. The van der Waals surface area contributed by atoms with Crippen LogP contribution in [0.4, 0.5) is 0 Å². The fraction of sp³-hybridized carbons (Fsp3) is 0.381. The molecule has 1 saturated heterocycles. The average molecular weight is 437 g/mol. The number of hydrogen-bond donors (Lipinski definition) is 0. The molecule has 0 saturated carbocycles. The van der Waals surface area contributed by atoms with E-state index in [4.69, 9.17) is 16.3 Å². The lowest BCUT2D eigenvalue weighted by atomic mass is 10.1. The van der Waals surface area contributed by atoms with Crippen molar-refractivity contribution in [1.29, 1.82) is 0 Å². The van der Waals surface area contributed by atoms with Gasteiger partial charge in [0.25, 0.3) is 5.91 Å². The van der Waals surface area contributed by atoms with E-state index in [-0.39, 0.29) is 18.3 Å². The summed E-state index contributed by atoms with van der Waals surface area (Å²) in [6, 6.07) is 15.4. The Balaban J connectivity index is 1.49.